The number of hydrogen-bond acceptors (Lipinski definition) is 5. The summed E-state index contributed by atoms with van der Waals surface area (Å²) in [5.74, 6) is -0.948. The van der Waals surface area contributed by atoms with Gasteiger partial charge in [-0.15, -0.1) is 0 Å². The third-order valence-corrected chi connectivity index (χ3v) is 6.58. The third-order valence-electron chi connectivity index (χ3n) is 4.67. The van der Waals surface area contributed by atoms with Crippen molar-refractivity contribution in [3.63, 3.8) is 0 Å². The van der Waals surface area contributed by atoms with Crippen LogP contribution in [0.25, 0.3) is 0 Å². The summed E-state index contributed by atoms with van der Waals surface area (Å²) in [4.78, 5) is 24.6. The SMILES string of the molecule is Cc1cc(C)cc(C(=O)OCC(=O)c2ccc(S(=O)(=O)N3CCCC3)cc2)c1. The second-order valence-electron chi connectivity index (χ2n) is 7.01. The van der Waals surface area contributed by atoms with Gasteiger partial charge in [-0.05, 0) is 63.1 Å². The first-order valence-electron chi connectivity index (χ1n) is 9.16. The number of Topliss-reactive ketones (excluding diaryl/α,β-unsaturated/α-hetero) is 1. The fourth-order valence-electron chi connectivity index (χ4n) is 3.28. The van der Waals surface area contributed by atoms with Gasteiger partial charge in [0.25, 0.3) is 0 Å². The summed E-state index contributed by atoms with van der Waals surface area (Å²) >= 11 is 0. The molecule has 6 nitrogen and oxygen atoms in total. The molecule has 0 aliphatic carbocycles. The molecule has 0 amide bonds. The van der Waals surface area contributed by atoms with Gasteiger partial charge in [0, 0.05) is 18.7 Å². The number of hydrogen-bond donors (Lipinski definition) is 0. The van der Waals surface area contributed by atoms with Gasteiger partial charge in [0.05, 0.1) is 10.5 Å². The Morgan fingerprint density at radius 2 is 1.50 bits per heavy atom. The number of aryl methyl sites for hydroxylation is 2. The molecule has 0 spiro atoms. The molecule has 7 heteroatoms. The van der Waals surface area contributed by atoms with E-state index in [0.29, 0.717) is 24.2 Å². The Morgan fingerprint density at radius 3 is 2.07 bits per heavy atom. The van der Waals surface area contributed by atoms with E-state index in [9.17, 15) is 18.0 Å². The van der Waals surface area contributed by atoms with Crippen molar-refractivity contribution in [3.8, 4) is 0 Å². The van der Waals surface area contributed by atoms with Gasteiger partial charge in [-0.3, -0.25) is 4.79 Å². The lowest BCUT2D eigenvalue weighted by Crippen LogP contribution is -2.27. The number of nitrogens with zero attached hydrogens (tertiary/aromatic N) is 1. The number of benzene rings is 2. The zero-order chi connectivity index (χ0) is 20.3. The molecule has 1 heterocycles. The Labute approximate surface area is 165 Å². The zero-order valence-electron chi connectivity index (χ0n) is 16.0. The van der Waals surface area contributed by atoms with E-state index in [4.69, 9.17) is 4.74 Å². The molecule has 0 radical (unpaired) electrons. The highest BCUT2D eigenvalue weighted by atomic mass is 32.2. The normalized spacial score (nSPS) is 14.8. The molecule has 0 bridgehead atoms. The summed E-state index contributed by atoms with van der Waals surface area (Å²) in [5, 5.41) is 0. The van der Waals surface area contributed by atoms with Crippen LogP contribution < -0.4 is 0 Å². The Morgan fingerprint density at radius 1 is 0.929 bits per heavy atom. The van der Waals surface area contributed by atoms with E-state index < -0.39 is 22.6 Å². The van der Waals surface area contributed by atoms with Gasteiger partial charge in [0.2, 0.25) is 10.0 Å². The van der Waals surface area contributed by atoms with Crippen molar-refractivity contribution in [2.24, 2.45) is 0 Å². The fourth-order valence-corrected chi connectivity index (χ4v) is 4.80. The number of carbonyl (C=O) groups excluding carboxylic acids is 2. The van der Waals surface area contributed by atoms with E-state index in [1.54, 1.807) is 12.1 Å². The van der Waals surface area contributed by atoms with E-state index in [1.807, 2.05) is 19.9 Å². The van der Waals surface area contributed by atoms with Crippen molar-refractivity contribution >= 4 is 21.8 Å². The monoisotopic (exact) mass is 401 g/mol. The molecule has 2 aromatic carbocycles. The largest absolute Gasteiger partial charge is 0.454 e. The predicted molar refractivity (Wildman–Crippen MR) is 105 cm³/mol. The minimum atomic E-state index is -3.51. The van der Waals surface area contributed by atoms with Crippen LogP contribution in [0, 0.1) is 13.8 Å². The Kier molecular flexibility index (Phi) is 5.96. The molecule has 3 rings (SSSR count). The standard InChI is InChI=1S/C21H23NO5S/c1-15-11-16(2)13-18(12-15)21(24)27-14-20(23)17-5-7-19(8-6-17)28(25,26)22-9-3-4-10-22/h5-8,11-13H,3-4,9-10,14H2,1-2H3. The van der Waals surface area contributed by atoms with Gasteiger partial charge in [0.15, 0.2) is 12.4 Å². The molecule has 0 unspecified atom stereocenters. The molecule has 0 N–H and O–H groups in total. The van der Waals surface area contributed by atoms with Gasteiger partial charge in [-0.1, -0.05) is 17.2 Å². The number of carbonyl (C=O) groups is 2. The van der Waals surface area contributed by atoms with Crippen LogP contribution >= 0.6 is 0 Å². The second-order valence-corrected chi connectivity index (χ2v) is 8.95. The van der Waals surface area contributed by atoms with Gasteiger partial charge in [0.1, 0.15) is 0 Å². The van der Waals surface area contributed by atoms with E-state index in [2.05, 4.69) is 0 Å². The van der Waals surface area contributed by atoms with Crippen molar-refractivity contribution < 1.29 is 22.7 Å². The first-order valence-corrected chi connectivity index (χ1v) is 10.6. The number of ketones is 1. The summed E-state index contributed by atoms with van der Waals surface area (Å²) in [6.45, 7) is 4.41. The quantitative estimate of drug-likeness (QED) is 0.549. The Balaban J connectivity index is 1.64. The van der Waals surface area contributed by atoms with Gasteiger partial charge >= 0.3 is 5.97 Å². The van der Waals surface area contributed by atoms with E-state index in [-0.39, 0.29) is 10.7 Å². The van der Waals surface area contributed by atoms with Crippen molar-refractivity contribution in [2.45, 2.75) is 31.6 Å². The summed E-state index contributed by atoms with van der Waals surface area (Å²) in [6.07, 6.45) is 1.73. The van der Waals surface area contributed by atoms with Crippen molar-refractivity contribution in [2.75, 3.05) is 19.7 Å². The maximum Gasteiger partial charge on any atom is 0.338 e. The molecule has 1 aliphatic heterocycles. The van der Waals surface area contributed by atoms with Gasteiger partial charge in [-0.25, -0.2) is 13.2 Å². The molecule has 0 aromatic heterocycles. The molecule has 28 heavy (non-hydrogen) atoms. The molecule has 148 valence electrons. The molecule has 1 saturated heterocycles. The van der Waals surface area contributed by atoms with Crippen molar-refractivity contribution in [1.29, 1.82) is 0 Å². The molecule has 0 saturated carbocycles. The molecular weight excluding hydrogens is 378 g/mol. The van der Waals surface area contributed by atoms with Crippen molar-refractivity contribution in [3.05, 3.63) is 64.7 Å². The van der Waals surface area contributed by atoms with Gasteiger partial charge in [-0.2, -0.15) is 4.31 Å². The Hall–Kier alpha value is -2.51. The lowest BCUT2D eigenvalue weighted by molar-refractivity contribution is 0.0474. The molecule has 1 aliphatic rings. The topological polar surface area (TPSA) is 80.8 Å². The third kappa shape index (κ3) is 4.48. The minimum absolute atomic E-state index is 0.165. The number of sulfonamides is 1. The number of rotatable bonds is 6. The first-order chi connectivity index (χ1) is 13.3. The minimum Gasteiger partial charge on any atom is -0.454 e. The van der Waals surface area contributed by atoms with Crippen LogP contribution in [-0.4, -0.2) is 44.2 Å². The van der Waals surface area contributed by atoms with Crippen LogP contribution in [0.3, 0.4) is 0 Å². The predicted octanol–water partition coefficient (Wildman–Crippen LogP) is 3.13. The van der Waals surface area contributed by atoms with Crippen LogP contribution in [0.15, 0.2) is 47.4 Å². The van der Waals surface area contributed by atoms with Crippen LogP contribution in [-0.2, 0) is 14.8 Å². The lowest BCUT2D eigenvalue weighted by Gasteiger charge is -2.15. The maximum atomic E-state index is 12.5. The average molecular weight is 401 g/mol. The average Bonchev–Trinajstić information content (AvgIpc) is 3.21. The van der Waals surface area contributed by atoms with Crippen molar-refractivity contribution in [1.82, 2.24) is 4.31 Å². The molecular formula is C21H23NO5S. The molecule has 0 atom stereocenters. The summed E-state index contributed by atoms with van der Waals surface area (Å²) in [6, 6.07) is 11.1. The highest BCUT2D eigenvalue weighted by molar-refractivity contribution is 7.89. The summed E-state index contributed by atoms with van der Waals surface area (Å²) < 4.78 is 31.6. The first kappa shape index (κ1) is 20.2. The Bertz CT molecular complexity index is 970. The van der Waals surface area contributed by atoms with E-state index in [1.165, 1.54) is 28.6 Å². The summed E-state index contributed by atoms with van der Waals surface area (Å²) in [5.41, 5.74) is 2.58. The van der Waals surface area contributed by atoms with Crippen LogP contribution in [0.1, 0.15) is 44.7 Å². The van der Waals surface area contributed by atoms with Crippen LogP contribution in [0.4, 0.5) is 0 Å². The zero-order valence-corrected chi connectivity index (χ0v) is 16.8. The lowest BCUT2D eigenvalue weighted by atomic mass is 10.1. The van der Waals surface area contributed by atoms with Crippen LogP contribution in [0.2, 0.25) is 0 Å². The molecule has 1 fully saturated rings. The number of ether oxygens (including phenoxy) is 1. The highest BCUT2D eigenvalue weighted by Crippen LogP contribution is 2.21. The maximum absolute atomic E-state index is 12.5. The van der Waals surface area contributed by atoms with E-state index >= 15 is 0 Å². The fraction of sp³-hybridized carbons (Fsp3) is 0.333. The smallest absolute Gasteiger partial charge is 0.338 e. The van der Waals surface area contributed by atoms with E-state index in [0.717, 1.165) is 24.0 Å². The molecule has 2 aromatic rings. The van der Waals surface area contributed by atoms with Gasteiger partial charge < -0.3 is 4.74 Å². The summed E-state index contributed by atoms with van der Waals surface area (Å²) in [7, 11) is -3.51. The highest BCUT2D eigenvalue weighted by Gasteiger charge is 2.27. The van der Waals surface area contributed by atoms with Crippen LogP contribution in [0.5, 0.6) is 0 Å². The number of esters is 1. The second kappa shape index (κ2) is 8.24.